The van der Waals surface area contributed by atoms with Crippen LogP contribution in [0.5, 0.6) is 0 Å². The SMILES string of the molecule is CCC(C)NC(C)c1cccc2ccccc12. The predicted octanol–water partition coefficient (Wildman–Crippen LogP) is 4.29. The van der Waals surface area contributed by atoms with Crippen LogP contribution < -0.4 is 5.32 Å². The van der Waals surface area contributed by atoms with E-state index < -0.39 is 0 Å². The first-order valence-electron chi connectivity index (χ1n) is 6.46. The van der Waals surface area contributed by atoms with Crippen LogP contribution in [0.25, 0.3) is 10.8 Å². The van der Waals surface area contributed by atoms with Crippen molar-refractivity contribution in [3.05, 3.63) is 48.0 Å². The number of benzene rings is 2. The highest BCUT2D eigenvalue weighted by atomic mass is 14.9. The second-order valence-electron chi connectivity index (χ2n) is 4.77. The smallest absolute Gasteiger partial charge is 0.0300 e. The van der Waals surface area contributed by atoms with Gasteiger partial charge in [0.2, 0.25) is 0 Å². The molecule has 0 amide bonds. The van der Waals surface area contributed by atoms with Crippen LogP contribution in [-0.2, 0) is 0 Å². The molecule has 1 heteroatoms. The molecular formula is C16H21N. The van der Waals surface area contributed by atoms with Crippen LogP contribution in [0.1, 0.15) is 38.8 Å². The summed E-state index contributed by atoms with van der Waals surface area (Å²) in [6.07, 6.45) is 1.16. The van der Waals surface area contributed by atoms with Gasteiger partial charge in [0.25, 0.3) is 0 Å². The molecule has 2 aromatic rings. The van der Waals surface area contributed by atoms with Crippen molar-refractivity contribution in [2.24, 2.45) is 0 Å². The summed E-state index contributed by atoms with van der Waals surface area (Å²) < 4.78 is 0. The molecule has 0 aliphatic heterocycles. The Kier molecular flexibility index (Phi) is 3.80. The number of fused-ring (bicyclic) bond motifs is 1. The van der Waals surface area contributed by atoms with Gasteiger partial charge in [0.05, 0.1) is 0 Å². The number of nitrogens with one attached hydrogen (secondary N) is 1. The molecule has 90 valence electrons. The van der Waals surface area contributed by atoms with Crippen LogP contribution in [0, 0.1) is 0 Å². The van der Waals surface area contributed by atoms with Crippen LogP contribution in [0.2, 0.25) is 0 Å². The molecule has 2 rings (SSSR count). The number of hydrogen-bond acceptors (Lipinski definition) is 1. The largest absolute Gasteiger partial charge is 0.308 e. The third-order valence-electron chi connectivity index (χ3n) is 3.44. The summed E-state index contributed by atoms with van der Waals surface area (Å²) in [5.41, 5.74) is 1.39. The lowest BCUT2D eigenvalue weighted by atomic mass is 9.99. The van der Waals surface area contributed by atoms with Crippen molar-refractivity contribution in [3.63, 3.8) is 0 Å². The van der Waals surface area contributed by atoms with E-state index in [0.717, 1.165) is 6.42 Å². The topological polar surface area (TPSA) is 12.0 Å². The van der Waals surface area contributed by atoms with Gasteiger partial charge in [0.15, 0.2) is 0 Å². The third-order valence-corrected chi connectivity index (χ3v) is 3.44. The van der Waals surface area contributed by atoms with Gasteiger partial charge in [-0.15, -0.1) is 0 Å². The molecule has 0 radical (unpaired) electrons. The van der Waals surface area contributed by atoms with E-state index in [1.807, 2.05) is 0 Å². The van der Waals surface area contributed by atoms with Gasteiger partial charge >= 0.3 is 0 Å². The second-order valence-corrected chi connectivity index (χ2v) is 4.77. The molecule has 0 aromatic heterocycles. The molecule has 0 spiro atoms. The Hall–Kier alpha value is -1.34. The Morgan fingerprint density at radius 1 is 1.00 bits per heavy atom. The van der Waals surface area contributed by atoms with E-state index in [1.165, 1.54) is 16.3 Å². The Morgan fingerprint density at radius 2 is 1.71 bits per heavy atom. The maximum absolute atomic E-state index is 3.64. The van der Waals surface area contributed by atoms with Crippen LogP contribution in [-0.4, -0.2) is 6.04 Å². The lowest BCUT2D eigenvalue weighted by molar-refractivity contribution is 0.471. The van der Waals surface area contributed by atoms with Crippen molar-refractivity contribution in [1.29, 1.82) is 0 Å². The fraction of sp³-hybridized carbons (Fsp3) is 0.375. The summed E-state index contributed by atoms with van der Waals surface area (Å²) in [6, 6.07) is 16.1. The lowest BCUT2D eigenvalue weighted by Crippen LogP contribution is -2.28. The van der Waals surface area contributed by atoms with Crippen molar-refractivity contribution in [2.75, 3.05) is 0 Å². The quantitative estimate of drug-likeness (QED) is 0.821. The summed E-state index contributed by atoms with van der Waals surface area (Å²) in [5, 5.41) is 6.32. The zero-order valence-electron chi connectivity index (χ0n) is 10.9. The molecule has 0 saturated heterocycles. The highest BCUT2D eigenvalue weighted by molar-refractivity contribution is 5.86. The van der Waals surface area contributed by atoms with Crippen LogP contribution in [0.3, 0.4) is 0 Å². The Labute approximate surface area is 104 Å². The second kappa shape index (κ2) is 5.33. The molecule has 0 fully saturated rings. The van der Waals surface area contributed by atoms with E-state index in [1.54, 1.807) is 0 Å². The van der Waals surface area contributed by atoms with Crippen molar-refractivity contribution >= 4 is 10.8 Å². The molecule has 2 atom stereocenters. The van der Waals surface area contributed by atoms with Gasteiger partial charge < -0.3 is 5.32 Å². The van der Waals surface area contributed by atoms with Crippen LogP contribution in [0.15, 0.2) is 42.5 Å². The van der Waals surface area contributed by atoms with Gasteiger partial charge in [-0.1, -0.05) is 49.4 Å². The molecule has 17 heavy (non-hydrogen) atoms. The molecule has 1 nitrogen and oxygen atoms in total. The van der Waals surface area contributed by atoms with Gasteiger partial charge in [0, 0.05) is 12.1 Å². The summed E-state index contributed by atoms with van der Waals surface area (Å²) in [7, 11) is 0. The van der Waals surface area contributed by atoms with Crippen molar-refractivity contribution in [2.45, 2.75) is 39.3 Å². The van der Waals surface area contributed by atoms with Gasteiger partial charge in [-0.05, 0) is 36.6 Å². The minimum atomic E-state index is 0.399. The zero-order valence-corrected chi connectivity index (χ0v) is 10.9. The zero-order chi connectivity index (χ0) is 12.3. The standard InChI is InChI=1S/C16H21N/c1-4-12(2)17-13(3)15-11-7-9-14-8-5-6-10-16(14)15/h5-13,17H,4H2,1-3H3. The first kappa shape index (κ1) is 12.1. The first-order chi connectivity index (χ1) is 8.22. The Balaban J connectivity index is 2.34. The molecule has 2 unspecified atom stereocenters. The minimum Gasteiger partial charge on any atom is -0.308 e. The average Bonchev–Trinajstić information content (AvgIpc) is 2.37. The first-order valence-corrected chi connectivity index (χ1v) is 6.46. The van der Waals surface area contributed by atoms with E-state index in [4.69, 9.17) is 0 Å². The van der Waals surface area contributed by atoms with Gasteiger partial charge in [-0.25, -0.2) is 0 Å². The Morgan fingerprint density at radius 3 is 2.47 bits per heavy atom. The maximum Gasteiger partial charge on any atom is 0.0300 e. The molecule has 0 aliphatic carbocycles. The van der Waals surface area contributed by atoms with E-state index in [2.05, 4.69) is 68.6 Å². The predicted molar refractivity (Wildman–Crippen MR) is 75.3 cm³/mol. The molecule has 0 aliphatic rings. The monoisotopic (exact) mass is 227 g/mol. The van der Waals surface area contributed by atoms with Crippen molar-refractivity contribution in [1.82, 2.24) is 5.32 Å². The van der Waals surface area contributed by atoms with Crippen molar-refractivity contribution in [3.8, 4) is 0 Å². The summed E-state index contributed by atoms with van der Waals surface area (Å²) in [5.74, 6) is 0. The molecule has 2 aromatic carbocycles. The molecule has 0 saturated carbocycles. The molecular weight excluding hydrogens is 206 g/mol. The number of hydrogen-bond donors (Lipinski definition) is 1. The van der Waals surface area contributed by atoms with E-state index in [0.29, 0.717) is 12.1 Å². The Bertz CT molecular complexity index is 484. The van der Waals surface area contributed by atoms with Crippen molar-refractivity contribution < 1.29 is 0 Å². The fourth-order valence-electron chi connectivity index (χ4n) is 2.26. The van der Waals surface area contributed by atoms with E-state index >= 15 is 0 Å². The highest BCUT2D eigenvalue weighted by Gasteiger charge is 2.10. The normalized spacial score (nSPS) is 14.8. The minimum absolute atomic E-state index is 0.399. The lowest BCUT2D eigenvalue weighted by Gasteiger charge is -2.20. The average molecular weight is 227 g/mol. The van der Waals surface area contributed by atoms with Gasteiger partial charge in [0.1, 0.15) is 0 Å². The summed E-state index contributed by atoms with van der Waals surface area (Å²) in [6.45, 7) is 6.70. The third kappa shape index (κ3) is 2.67. The molecule has 1 N–H and O–H groups in total. The van der Waals surface area contributed by atoms with Gasteiger partial charge in [-0.3, -0.25) is 0 Å². The fourth-order valence-corrected chi connectivity index (χ4v) is 2.26. The summed E-state index contributed by atoms with van der Waals surface area (Å²) >= 11 is 0. The molecule has 0 heterocycles. The maximum atomic E-state index is 3.64. The number of rotatable bonds is 4. The van der Waals surface area contributed by atoms with E-state index in [-0.39, 0.29) is 0 Å². The van der Waals surface area contributed by atoms with Crippen LogP contribution in [0.4, 0.5) is 0 Å². The van der Waals surface area contributed by atoms with Gasteiger partial charge in [-0.2, -0.15) is 0 Å². The highest BCUT2D eigenvalue weighted by Crippen LogP contribution is 2.24. The molecule has 0 bridgehead atoms. The van der Waals surface area contributed by atoms with E-state index in [9.17, 15) is 0 Å². The van der Waals surface area contributed by atoms with Crippen LogP contribution >= 0.6 is 0 Å². The summed E-state index contributed by atoms with van der Waals surface area (Å²) in [4.78, 5) is 0.